The van der Waals surface area contributed by atoms with Crippen molar-refractivity contribution in [2.75, 3.05) is 5.32 Å². The maximum atomic E-state index is 11.9. The van der Waals surface area contributed by atoms with Gasteiger partial charge in [-0.15, -0.1) is 0 Å². The molecule has 1 heterocycles. The summed E-state index contributed by atoms with van der Waals surface area (Å²) in [6.45, 7) is 8.56. The highest BCUT2D eigenvalue weighted by Crippen LogP contribution is 2.24. The summed E-state index contributed by atoms with van der Waals surface area (Å²) >= 11 is 0. The summed E-state index contributed by atoms with van der Waals surface area (Å²) in [6.07, 6.45) is 0. The number of nitrogens with zero attached hydrogens (tertiary/aromatic N) is 2. The van der Waals surface area contributed by atoms with Crippen molar-refractivity contribution in [3.05, 3.63) is 47.7 Å². The molecule has 0 saturated carbocycles. The molecule has 118 valence electrons. The van der Waals surface area contributed by atoms with Gasteiger partial charge in [-0.1, -0.05) is 51.1 Å². The van der Waals surface area contributed by atoms with E-state index in [1.807, 2.05) is 41.1 Å². The Labute approximate surface area is 131 Å². The lowest BCUT2D eigenvalue weighted by atomic mass is 9.92. The van der Waals surface area contributed by atoms with E-state index in [0.29, 0.717) is 12.4 Å². The number of carbonyl (C=O) groups is 1. The lowest BCUT2D eigenvalue weighted by molar-refractivity contribution is -0.117. The molecule has 0 aliphatic rings. The van der Waals surface area contributed by atoms with E-state index < -0.39 is 6.04 Å². The first kappa shape index (κ1) is 16.2. The fourth-order valence-electron chi connectivity index (χ4n) is 2.00. The van der Waals surface area contributed by atoms with Crippen molar-refractivity contribution in [1.29, 1.82) is 0 Å². The molecular formula is C17H24N4O. The predicted octanol–water partition coefficient (Wildman–Crippen LogP) is 2.51. The van der Waals surface area contributed by atoms with E-state index in [2.05, 4.69) is 31.2 Å². The molecule has 0 unspecified atom stereocenters. The maximum absolute atomic E-state index is 11.9. The second-order valence-corrected chi connectivity index (χ2v) is 6.59. The van der Waals surface area contributed by atoms with E-state index in [4.69, 9.17) is 5.73 Å². The summed E-state index contributed by atoms with van der Waals surface area (Å²) in [5.74, 6) is 0.464. The molecule has 5 nitrogen and oxygen atoms in total. The molecule has 0 spiro atoms. The van der Waals surface area contributed by atoms with Crippen molar-refractivity contribution in [1.82, 2.24) is 9.78 Å². The van der Waals surface area contributed by atoms with Crippen LogP contribution >= 0.6 is 0 Å². The summed E-state index contributed by atoms with van der Waals surface area (Å²) in [7, 11) is 0. The van der Waals surface area contributed by atoms with Gasteiger partial charge in [0.1, 0.15) is 5.82 Å². The van der Waals surface area contributed by atoms with Gasteiger partial charge in [0.25, 0.3) is 0 Å². The van der Waals surface area contributed by atoms with Gasteiger partial charge in [0, 0.05) is 11.5 Å². The van der Waals surface area contributed by atoms with E-state index in [1.54, 1.807) is 6.92 Å². The summed E-state index contributed by atoms with van der Waals surface area (Å²) < 4.78 is 1.82. The Balaban J connectivity index is 2.33. The summed E-state index contributed by atoms with van der Waals surface area (Å²) in [5.41, 5.74) is 7.61. The fraction of sp³-hybridized carbons (Fsp3) is 0.412. The zero-order valence-corrected chi connectivity index (χ0v) is 13.6. The van der Waals surface area contributed by atoms with Gasteiger partial charge in [-0.3, -0.25) is 4.79 Å². The van der Waals surface area contributed by atoms with Crippen molar-refractivity contribution in [2.24, 2.45) is 5.73 Å². The molecule has 0 fully saturated rings. The highest BCUT2D eigenvalue weighted by atomic mass is 16.2. The van der Waals surface area contributed by atoms with Gasteiger partial charge >= 0.3 is 0 Å². The monoisotopic (exact) mass is 300 g/mol. The number of rotatable bonds is 4. The van der Waals surface area contributed by atoms with Crippen LogP contribution in [0.3, 0.4) is 0 Å². The molecule has 3 N–H and O–H groups in total. The van der Waals surface area contributed by atoms with Gasteiger partial charge in [0.05, 0.1) is 18.3 Å². The number of amides is 1. The third-order valence-electron chi connectivity index (χ3n) is 3.39. The van der Waals surface area contributed by atoms with Crippen molar-refractivity contribution in [3.63, 3.8) is 0 Å². The summed E-state index contributed by atoms with van der Waals surface area (Å²) in [5, 5.41) is 7.51. The van der Waals surface area contributed by atoms with Gasteiger partial charge in [0.2, 0.25) is 5.91 Å². The molecular weight excluding hydrogens is 276 g/mol. The lowest BCUT2D eigenvalue weighted by Crippen LogP contribution is -2.33. The number of nitrogens with two attached hydrogens (primary N) is 1. The number of benzene rings is 1. The van der Waals surface area contributed by atoms with Crippen LogP contribution in [0.4, 0.5) is 5.82 Å². The van der Waals surface area contributed by atoms with Gasteiger partial charge in [-0.2, -0.15) is 5.10 Å². The first-order valence-corrected chi connectivity index (χ1v) is 7.46. The molecule has 0 aliphatic carbocycles. The van der Waals surface area contributed by atoms with Gasteiger partial charge in [-0.05, 0) is 12.5 Å². The zero-order valence-electron chi connectivity index (χ0n) is 13.6. The van der Waals surface area contributed by atoms with Crippen LogP contribution in [0.2, 0.25) is 0 Å². The van der Waals surface area contributed by atoms with E-state index in [-0.39, 0.29) is 11.3 Å². The van der Waals surface area contributed by atoms with Crippen LogP contribution in [0.5, 0.6) is 0 Å². The lowest BCUT2D eigenvalue weighted by Gasteiger charge is -2.14. The molecule has 0 radical (unpaired) electrons. The largest absolute Gasteiger partial charge is 0.320 e. The van der Waals surface area contributed by atoms with Crippen LogP contribution in [-0.2, 0) is 16.8 Å². The Morgan fingerprint density at radius 3 is 2.50 bits per heavy atom. The standard InChI is InChI=1S/C17H24N4O/c1-12(18)16(22)19-15-10-14(17(2,3)4)20-21(15)11-13-8-6-5-7-9-13/h5-10,12H,11,18H2,1-4H3,(H,19,22)/t12-/m0/s1. The van der Waals surface area contributed by atoms with Gasteiger partial charge in [0.15, 0.2) is 0 Å². The van der Waals surface area contributed by atoms with Crippen LogP contribution < -0.4 is 11.1 Å². The number of hydrogen-bond acceptors (Lipinski definition) is 3. The Morgan fingerprint density at radius 2 is 1.95 bits per heavy atom. The SMILES string of the molecule is C[C@H](N)C(=O)Nc1cc(C(C)(C)C)nn1Cc1ccccc1. The Morgan fingerprint density at radius 1 is 1.32 bits per heavy atom. The predicted molar refractivity (Wildman–Crippen MR) is 88.8 cm³/mol. The van der Waals surface area contributed by atoms with E-state index in [9.17, 15) is 4.79 Å². The second kappa shape index (κ2) is 6.32. The molecule has 2 rings (SSSR count). The van der Waals surface area contributed by atoms with Crippen LogP contribution in [0.25, 0.3) is 0 Å². The van der Waals surface area contributed by atoms with Crippen molar-refractivity contribution in [2.45, 2.75) is 45.7 Å². The minimum absolute atomic E-state index is 0.0876. The van der Waals surface area contributed by atoms with Crippen LogP contribution in [0.15, 0.2) is 36.4 Å². The van der Waals surface area contributed by atoms with Crippen molar-refractivity contribution < 1.29 is 4.79 Å². The van der Waals surface area contributed by atoms with E-state index >= 15 is 0 Å². The van der Waals surface area contributed by atoms with Gasteiger partial charge in [-0.25, -0.2) is 4.68 Å². The molecule has 1 aromatic carbocycles. The highest BCUT2D eigenvalue weighted by molar-refractivity contribution is 5.93. The normalized spacial score (nSPS) is 13.0. The molecule has 22 heavy (non-hydrogen) atoms. The molecule has 2 aromatic rings. The van der Waals surface area contributed by atoms with Crippen molar-refractivity contribution in [3.8, 4) is 0 Å². The first-order chi connectivity index (χ1) is 10.3. The minimum atomic E-state index is -0.557. The average molecular weight is 300 g/mol. The van der Waals surface area contributed by atoms with Gasteiger partial charge < -0.3 is 11.1 Å². The van der Waals surface area contributed by atoms with Crippen LogP contribution in [0, 0.1) is 0 Å². The number of anilines is 1. The quantitative estimate of drug-likeness (QED) is 0.911. The average Bonchev–Trinajstić information content (AvgIpc) is 2.83. The Bertz CT molecular complexity index is 638. The highest BCUT2D eigenvalue weighted by Gasteiger charge is 2.21. The van der Waals surface area contributed by atoms with E-state index in [1.165, 1.54) is 0 Å². The van der Waals surface area contributed by atoms with Crippen molar-refractivity contribution >= 4 is 11.7 Å². The van der Waals surface area contributed by atoms with E-state index in [0.717, 1.165) is 11.3 Å². The smallest absolute Gasteiger partial charge is 0.242 e. The first-order valence-electron chi connectivity index (χ1n) is 7.46. The minimum Gasteiger partial charge on any atom is -0.320 e. The third-order valence-corrected chi connectivity index (χ3v) is 3.39. The maximum Gasteiger partial charge on any atom is 0.242 e. The summed E-state index contributed by atoms with van der Waals surface area (Å²) in [6, 6.07) is 11.4. The summed E-state index contributed by atoms with van der Waals surface area (Å²) in [4.78, 5) is 11.9. The fourth-order valence-corrected chi connectivity index (χ4v) is 2.00. The Kier molecular flexibility index (Phi) is 4.66. The molecule has 0 aliphatic heterocycles. The van der Waals surface area contributed by atoms with Crippen LogP contribution in [0.1, 0.15) is 39.0 Å². The third kappa shape index (κ3) is 3.95. The zero-order chi connectivity index (χ0) is 16.3. The van der Waals surface area contributed by atoms with Crippen LogP contribution in [-0.4, -0.2) is 21.7 Å². The molecule has 5 heteroatoms. The molecule has 1 aromatic heterocycles. The number of carbonyl (C=O) groups excluding carboxylic acids is 1. The number of aromatic nitrogens is 2. The molecule has 1 amide bonds. The Hall–Kier alpha value is -2.14. The molecule has 0 saturated heterocycles. The number of nitrogens with one attached hydrogen (secondary N) is 1. The number of hydrogen-bond donors (Lipinski definition) is 2. The molecule has 0 bridgehead atoms. The second-order valence-electron chi connectivity index (χ2n) is 6.59. The topological polar surface area (TPSA) is 72.9 Å². The molecule has 1 atom stereocenters.